The highest BCUT2D eigenvalue weighted by Gasteiger charge is 2.15. The molecule has 5 heteroatoms. The number of hydrogen-bond acceptors (Lipinski definition) is 3. The number of hydrogen-bond donors (Lipinski definition) is 1. The van der Waals surface area contributed by atoms with Crippen molar-refractivity contribution in [3.63, 3.8) is 0 Å². The van der Waals surface area contributed by atoms with Crippen LogP contribution in [0.15, 0.2) is 18.6 Å². The fraction of sp³-hybridized carbons (Fsp3) is 0.545. The van der Waals surface area contributed by atoms with Crippen molar-refractivity contribution >= 4 is 6.03 Å². The molecule has 1 aliphatic heterocycles. The number of piperidine rings is 1. The molecule has 2 heterocycles. The van der Waals surface area contributed by atoms with Crippen LogP contribution < -0.4 is 5.32 Å². The van der Waals surface area contributed by atoms with Crippen LogP contribution in [0.25, 0.3) is 0 Å². The Labute approximate surface area is 94.9 Å². The third-order valence-electron chi connectivity index (χ3n) is 2.71. The summed E-state index contributed by atoms with van der Waals surface area (Å²) in [7, 11) is 0. The number of nitrogens with zero attached hydrogens (tertiary/aromatic N) is 3. The quantitative estimate of drug-likeness (QED) is 0.814. The van der Waals surface area contributed by atoms with Gasteiger partial charge in [-0.3, -0.25) is 0 Å². The van der Waals surface area contributed by atoms with Gasteiger partial charge in [-0.15, -0.1) is 0 Å². The zero-order chi connectivity index (χ0) is 11.2. The molecule has 1 fully saturated rings. The number of urea groups is 1. The Balaban J connectivity index is 1.79. The van der Waals surface area contributed by atoms with E-state index in [0.717, 1.165) is 31.6 Å². The molecule has 2 amide bonds. The molecule has 0 unspecified atom stereocenters. The number of carbonyl (C=O) groups excluding carboxylic acids is 1. The smallest absolute Gasteiger partial charge is 0.317 e. The molecule has 0 spiro atoms. The van der Waals surface area contributed by atoms with Crippen molar-refractivity contribution in [2.24, 2.45) is 0 Å². The second-order valence-electron chi connectivity index (χ2n) is 3.91. The number of carbonyl (C=O) groups is 1. The summed E-state index contributed by atoms with van der Waals surface area (Å²) in [6.07, 6.45) is 6.62. The first-order valence-corrected chi connectivity index (χ1v) is 5.64. The van der Waals surface area contributed by atoms with E-state index in [9.17, 15) is 4.79 Å². The normalized spacial score (nSPS) is 15.9. The van der Waals surface area contributed by atoms with E-state index in [1.165, 1.54) is 12.7 Å². The standard InChI is InChI=1S/C11H16N4O/c16-11(15-6-2-1-3-7-15)13-8-10-4-5-12-9-14-10/h4-5,9H,1-3,6-8H2,(H,13,16). The van der Waals surface area contributed by atoms with Gasteiger partial charge in [0.15, 0.2) is 0 Å². The van der Waals surface area contributed by atoms with Crippen molar-refractivity contribution in [3.8, 4) is 0 Å². The lowest BCUT2D eigenvalue weighted by Crippen LogP contribution is -2.42. The second-order valence-corrected chi connectivity index (χ2v) is 3.91. The molecule has 86 valence electrons. The van der Waals surface area contributed by atoms with Gasteiger partial charge >= 0.3 is 6.03 Å². The topological polar surface area (TPSA) is 58.1 Å². The van der Waals surface area contributed by atoms with Crippen molar-refractivity contribution in [2.45, 2.75) is 25.8 Å². The highest BCUT2D eigenvalue weighted by Crippen LogP contribution is 2.08. The Morgan fingerprint density at radius 2 is 2.19 bits per heavy atom. The largest absolute Gasteiger partial charge is 0.332 e. The molecular weight excluding hydrogens is 204 g/mol. The van der Waals surface area contributed by atoms with Crippen LogP contribution in [0.2, 0.25) is 0 Å². The highest BCUT2D eigenvalue weighted by atomic mass is 16.2. The fourth-order valence-corrected chi connectivity index (χ4v) is 1.80. The minimum Gasteiger partial charge on any atom is -0.332 e. The van der Waals surface area contributed by atoms with Gasteiger partial charge in [-0.05, 0) is 25.3 Å². The molecule has 1 aromatic rings. The van der Waals surface area contributed by atoms with Gasteiger partial charge in [0.05, 0.1) is 12.2 Å². The lowest BCUT2D eigenvalue weighted by molar-refractivity contribution is 0.186. The average molecular weight is 220 g/mol. The summed E-state index contributed by atoms with van der Waals surface area (Å²) < 4.78 is 0. The van der Waals surface area contributed by atoms with Gasteiger partial charge in [-0.1, -0.05) is 0 Å². The first-order valence-electron chi connectivity index (χ1n) is 5.64. The Bertz CT molecular complexity index is 335. The summed E-state index contributed by atoms with van der Waals surface area (Å²) in [5.41, 5.74) is 0.834. The maximum atomic E-state index is 11.7. The van der Waals surface area contributed by atoms with Crippen LogP contribution in [0.3, 0.4) is 0 Å². The minimum atomic E-state index is 0.0123. The van der Waals surface area contributed by atoms with Gasteiger partial charge in [0.25, 0.3) is 0 Å². The molecule has 1 aromatic heterocycles. The third kappa shape index (κ3) is 2.92. The zero-order valence-corrected chi connectivity index (χ0v) is 9.22. The summed E-state index contributed by atoms with van der Waals surface area (Å²) in [5.74, 6) is 0. The Morgan fingerprint density at radius 1 is 1.38 bits per heavy atom. The van der Waals surface area contributed by atoms with Crippen LogP contribution in [-0.4, -0.2) is 34.0 Å². The SMILES string of the molecule is O=C(NCc1ccncn1)N1CCCCC1. The second kappa shape index (κ2) is 5.44. The Hall–Kier alpha value is -1.65. The summed E-state index contributed by atoms with van der Waals surface area (Å²) >= 11 is 0. The van der Waals surface area contributed by atoms with Crippen molar-refractivity contribution in [1.29, 1.82) is 0 Å². The molecule has 1 saturated heterocycles. The van der Waals surface area contributed by atoms with Gasteiger partial charge in [0.2, 0.25) is 0 Å². The van der Waals surface area contributed by atoms with E-state index in [0.29, 0.717) is 6.54 Å². The maximum Gasteiger partial charge on any atom is 0.317 e. The van der Waals surface area contributed by atoms with Gasteiger partial charge in [0, 0.05) is 19.3 Å². The zero-order valence-electron chi connectivity index (χ0n) is 9.22. The molecule has 0 bridgehead atoms. The molecule has 5 nitrogen and oxygen atoms in total. The van der Waals surface area contributed by atoms with Crippen LogP contribution in [0, 0.1) is 0 Å². The van der Waals surface area contributed by atoms with E-state index in [1.807, 2.05) is 4.90 Å². The van der Waals surface area contributed by atoms with Gasteiger partial charge in [-0.25, -0.2) is 14.8 Å². The van der Waals surface area contributed by atoms with E-state index < -0.39 is 0 Å². The Morgan fingerprint density at radius 3 is 2.88 bits per heavy atom. The van der Waals surface area contributed by atoms with E-state index in [4.69, 9.17) is 0 Å². The van der Waals surface area contributed by atoms with E-state index in [1.54, 1.807) is 12.3 Å². The molecule has 0 radical (unpaired) electrons. The molecule has 1 N–H and O–H groups in total. The average Bonchev–Trinajstić information content (AvgIpc) is 2.38. The van der Waals surface area contributed by atoms with Crippen LogP contribution in [0.4, 0.5) is 4.79 Å². The minimum absolute atomic E-state index is 0.0123. The number of amides is 2. The summed E-state index contributed by atoms with van der Waals surface area (Å²) in [4.78, 5) is 21.5. The Kier molecular flexibility index (Phi) is 3.69. The van der Waals surface area contributed by atoms with Gasteiger partial charge in [-0.2, -0.15) is 0 Å². The summed E-state index contributed by atoms with van der Waals surface area (Å²) in [5, 5.41) is 2.87. The summed E-state index contributed by atoms with van der Waals surface area (Å²) in [6.45, 7) is 2.21. The monoisotopic (exact) mass is 220 g/mol. The molecule has 16 heavy (non-hydrogen) atoms. The number of rotatable bonds is 2. The predicted molar refractivity (Wildman–Crippen MR) is 59.7 cm³/mol. The van der Waals surface area contributed by atoms with E-state index in [2.05, 4.69) is 15.3 Å². The van der Waals surface area contributed by atoms with Crippen molar-refractivity contribution in [1.82, 2.24) is 20.2 Å². The molecule has 0 aromatic carbocycles. The molecule has 0 atom stereocenters. The van der Waals surface area contributed by atoms with E-state index >= 15 is 0 Å². The maximum absolute atomic E-state index is 11.7. The summed E-state index contributed by atoms with van der Waals surface area (Å²) in [6, 6.07) is 1.81. The molecule has 0 aliphatic carbocycles. The van der Waals surface area contributed by atoms with Crippen molar-refractivity contribution < 1.29 is 4.79 Å². The molecular formula is C11H16N4O. The fourth-order valence-electron chi connectivity index (χ4n) is 1.80. The molecule has 2 rings (SSSR count). The number of aromatic nitrogens is 2. The van der Waals surface area contributed by atoms with Crippen molar-refractivity contribution in [3.05, 3.63) is 24.3 Å². The van der Waals surface area contributed by atoms with Crippen LogP contribution in [0.1, 0.15) is 25.0 Å². The van der Waals surface area contributed by atoms with Crippen LogP contribution >= 0.6 is 0 Å². The lowest BCUT2D eigenvalue weighted by atomic mass is 10.1. The van der Waals surface area contributed by atoms with Crippen LogP contribution in [0.5, 0.6) is 0 Å². The molecule has 1 aliphatic rings. The van der Waals surface area contributed by atoms with Gasteiger partial charge < -0.3 is 10.2 Å². The third-order valence-corrected chi connectivity index (χ3v) is 2.71. The first kappa shape index (κ1) is 10.9. The van der Waals surface area contributed by atoms with Gasteiger partial charge in [0.1, 0.15) is 6.33 Å². The predicted octanol–water partition coefficient (Wildman–Crippen LogP) is 1.17. The lowest BCUT2D eigenvalue weighted by Gasteiger charge is -2.26. The van der Waals surface area contributed by atoms with Crippen molar-refractivity contribution in [2.75, 3.05) is 13.1 Å². The number of likely N-dealkylation sites (tertiary alicyclic amines) is 1. The van der Waals surface area contributed by atoms with E-state index in [-0.39, 0.29) is 6.03 Å². The molecule has 0 saturated carbocycles. The number of nitrogens with one attached hydrogen (secondary N) is 1. The van der Waals surface area contributed by atoms with Crippen LogP contribution in [-0.2, 0) is 6.54 Å². The highest BCUT2D eigenvalue weighted by molar-refractivity contribution is 5.74. The first-order chi connectivity index (χ1) is 7.86.